The molecule has 1 aromatic carbocycles. The molecule has 0 spiro atoms. The molecule has 4 nitrogen and oxygen atoms in total. The molecule has 4 heteroatoms. The van der Waals surface area contributed by atoms with E-state index in [1.165, 1.54) is 12.0 Å². The van der Waals surface area contributed by atoms with Gasteiger partial charge in [0.1, 0.15) is 11.8 Å². The predicted molar refractivity (Wildman–Crippen MR) is 72.8 cm³/mol. The topological polar surface area (TPSA) is 39.5 Å². The number of fused-ring (bicyclic) bond motifs is 2. The van der Waals surface area contributed by atoms with E-state index in [-0.39, 0.29) is 6.04 Å². The van der Waals surface area contributed by atoms with E-state index in [0.29, 0.717) is 6.04 Å². The van der Waals surface area contributed by atoms with Crippen LogP contribution in [0.2, 0.25) is 0 Å². The van der Waals surface area contributed by atoms with Gasteiger partial charge in [0.05, 0.1) is 13.2 Å². The Morgan fingerprint density at radius 2 is 2.32 bits per heavy atom. The largest absolute Gasteiger partial charge is 0.497 e. The van der Waals surface area contributed by atoms with Crippen molar-refractivity contribution in [1.29, 1.82) is 5.26 Å². The zero-order valence-corrected chi connectivity index (χ0v) is 11.2. The van der Waals surface area contributed by atoms with Gasteiger partial charge in [-0.2, -0.15) is 5.26 Å². The SMILES string of the molecule is COc1cccc(CN2CC(C#N)N3CCC2C3)c1. The average Bonchev–Trinajstić information content (AvgIpc) is 2.87. The lowest BCUT2D eigenvalue weighted by Gasteiger charge is -2.37. The molecule has 2 saturated heterocycles. The lowest BCUT2D eigenvalue weighted by Crippen LogP contribution is -2.51. The van der Waals surface area contributed by atoms with Crippen molar-refractivity contribution in [1.82, 2.24) is 9.80 Å². The van der Waals surface area contributed by atoms with Crippen molar-refractivity contribution in [3.05, 3.63) is 29.8 Å². The molecule has 2 bridgehead atoms. The zero-order valence-electron chi connectivity index (χ0n) is 11.2. The van der Waals surface area contributed by atoms with Crippen molar-refractivity contribution in [2.45, 2.75) is 25.0 Å². The van der Waals surface area contributed by atoms with Crippen molar-refractivity contribution < 1.29 is 4.74 Å². The standard InChI is InChI=1S/C15H19N3O/c1-19-15-4-2-3-12(7-15)9-18-11-14(8-16)17-6-5-13(18)10-17/h2-4,7,13-14H,5-6,9-11H2,1H3. The second kappa shape index (κ2) is 5.20. The van der Waals surface area contributed by atoms with Gasteiger partial charge in [0.15, 0.2) is 0 Å². The fraction of sp³-hybridized carbons (Fsp3) is 0.533. The number of ether oxygens (including phenoxy) is 1. The van der Waals surface area contributed by atoms with Gasteiger partial charge in [-0.15, -0.1) is 0 Å². The molecule has 3 rings (SSSR count). The summed E-state index contributed by atoms with van der Waals surface area (Å²) in [6, 6.07) is 11.3. The van der Waals surface area contributed by atoms with E-state index in [1.807, 2.05) is 12.1 Å². The zero-order chi connectivity index (χ0) is 13.2. The Morgan fingerprint density at radius 3 is 3.11 bits per heavy atom. The van der Waals surface area contributed by atoms with Gasteiger partial charge in [0, 0.05) is 32.2 Å². The molecule has 2 heterocycles. The van der Waals surface area contributed by atoms with Gasteiger partial charge in [-0.25, -0.2) is 0 Å². The molecule has 3 atom stereocenters. The first-order valence-corrected chi connectivity index (χ1v) is 6.81. The Balaban J connectivity index is 1.73. The maximum Gasteiger partial charge on any atom is 0.119 e. The molecule has 3 unspecified atom stereocenters. The first-order valence-electron chi connectivity index (χ1n) is 6.81. The summed E-state index contributed by atoms with van der Waals surface area (Å²) >= 11 is 0. The van der Waals surface area contributed by atoms with Crippen LogP contribution in [-0.2, 0) is 6.54 Å². The predicted octanol–water partition coefficient (Wildman–Crippen LogP) is 1.48. The smallest absolute Gasteiger partial charge is 0.119 e. The van der Waals surface area contributed by atoms with Gasteiger partial charge >= 0.3 is 0 Å². The molecule has 2 aliphatic rings. The van der Waals surface area contributed by atoms with Crippen molar-refractivity contribution in [2.75, 3.05) is 26.7 Å². The molecule has 0 amide bonds. The Morgan fingerprint density at radius 1 is 1.42 bits per heavy atom. The normalized spacial score (nSPS) is 30.0. The van der Waals surface area contributed by atoms with Gasteiger partial charge in [0.25, 0.3) is 0 Å². The molecule has 1 aromatic rings. The van der Waals surface area contributed by atoms with Crippen LogP contribution in [0.5, 0.6) is 5.75 Å². The summed E-state index contributed by atoms with van der Waals surface area (Å²) in [7, 11) is 1.70. The Kier molecular flexibility index (Phi) is 3.41. The van der Waals surface area contributed by atoms with Crippen LogP contribution in [0.3, 0.4) is 0 Å². The van der Waals surface area contributed by atoms with Crippen molar-refractivity contribution in [3.8, 4) is 11.8 Å². The maximum absolute atomic E-state index is 9.24. The number of methoxy groups -OCH3 is 1. The van der Waals surface area contributed by atoms with Gasteiger partial charge < -0.3 is 4.74 Å². The quantitative estimate of drug-likeness (QED) is 0.822. The van der Waals surface area contributed by atoms with Crippen molar-refractivity contribution >= 4 is 0 Å². The second-order valence-electron chi connectivity index (χ2n) is 5.36. The molecule has 19 heavy (non-hydrogen) atoms. The lowest BCUT2D eigenvalue weighted by molar-refractivity contribution is 0.102. The van der Waals surface area contributed by atoms with Gasteiger partial charge in [0.2, 0.25) is 0 Å². The number of hydrogen-bond donors (Lipinski definition) is 0. The molecule has 2 fully saturated rings. The first-order chi connectivity index (χ1) is 9.30. The third-order valence-electron chi connectivity index (χ3n) is 4.23. The highest BCUT2D eigenvalue weighted by Crippen LogP contribution is 2.26. The van der Waals surface area contributed by atoms with Crippen LogP contribution < -0.4 is 4.74 Å². The fourth-order valence-electron chi connectivity index (χ4n) is 3.16. The second-order valence-corrected chi connectivity index (χ2v) is 5.36. The Hall–Kier alpha value is -1.57. The number of rotatable bonds is 3. The van der Waals surface area contributed by atoms with Gasteiger partial charge in [-0.05, 0) is 24.1 Å². The number of hydrogen-bond acceptors (Lipinski definition) is 4. The summed E-state index contributed by atoms with van der Waals surface area (Å²) in [5.74, 6) is 0.902. The number of nitrogens with zero attached hydrogens (tertiary/aromatic N) is 3. The van der Waals surface area contributed by atoms with E-state index < -0.39 is 0 Å². The molecule has 2 aliphatic heterocycles. The molecule has 100 valence electrons. The van der Waals surface area contributed by atoms with Crippen molar-refractivity contribution in [2.24, 2.45) is 0 Å². The molecular weight excluding hydrogens is 238 g/mol. The third kappa shape index (κ3) is 2.44. The summed E-state index contributed by atoms with van der Waals surface area (Å²) in [6.07, 6.45) is 1.18. The minimum Gasteiger partial charge on any atom is -0.497 e. The van der Waals surface area contributed by atoms with Gasteiger partial charge in [-0.3, -0.25) is 9.80 Å². The number of benzene rings is 1. The fourth-order valence-corrected chi connectivity index (χ4v) is 3.16. The van der Waals surface area contributed by atoms with Crippen LogP contribution in [0.1, 0.15) is 12.0 Å². The Labute approximate surface area is 114 Å². The van der Waals surface area contributed by atoms with E-state index in [0.717, 1.165) is 31.9 Å². The van der Waals surface area contributed by atoms with E-state index in [2.05, 4.69) is 28.0 Å². The summed E-state index contributed by atoms with van der Waals surface area (Å²) in [4.78, 5) is 4.76. The highest BCUT2D eigenvalue weighted by molar-refractivity contribution is 5.28. The number of piperazine rings is 1. The molecule has 0 saturated carbocycles. The van der Waals surface area contributed by atoms with Crippen LogP contribution >= 0.6 is 0 Å². The van der Waals surface area contributed by atoms with Crippen LogP contribution in [-0.4, -0.2) is 48.6 Å². The van der Waals surface area contributed by atoms with Crippen molar-refractivity contribution in [3.63, 3.8) is 0 Å². The number of nitriles is 1. The third-order valence-corrected chi connectivity index (χ3v) is 4.23. The minimum absolute atomic E-state index is 0.0596. The highest BCUT2D eigenvalue weighted by Gasteiger charge is 2.38. The van der Waals surface area contributed by atoms with Crippen LogP contribution in [0.4, 0.5) is 0 Å². The summed E-state index contributed by atoms with van der Waals surface area (Å²) < 4.78 is 5.27. The molecule has 0 aliphatic carbocycles. The van der Waals surface area contributed by atoms with E-state index >= 15 is 0 Å². The monoisotopic (exact) mass is 257 g/mol. The molecule has 0 radical (unpaired) electrons. The highest BCUT2D eigenvalue weighted by atomic mass is 16.5. The first kappa shape index (κ1) is 12.5. The lowest BCUT2D eigenvalue weighted by atomic mass is 10.1. The van der Waals surface area contributed by atoms with E-state index in [9.17, 15) is 5.26 Å². The summed E-state index contributed by atoms with van der Waals surface area (Å²) in [6.45, 7) is 3.88. The van der Waals surface area contributed by atoms with E-state index in [4.69, 9.17) is 4.74 Å². The molecule has 0 aromatic heterocycles. The minimum atomic E-state index is 0.0596. The van der Waals surface area contributed by atoms with Crippen LogP contribution in [0.15, 0.2) is 24.3 Å². The average molecular weight is 257 g/mol. The van der Waals surface area contributed by atoms with Gasteiger partial charge in [-0.1, -0.05) is 12.1 Å². The Bertz CT molecular complexity index is 496. The van der Waals surface area contributed by atoms with E-state index in [1.54, 1.807) is 7.11 Å². The summed E-state index contributed by atoms with van der Waals surface area (Å²) in [5, 5.41) is 9.24. The summed E-state index contributed by atoms with van der Waals surface area (Å²) in [5.41, 5.74) is 1.26. The molecular formula is C15H19N3O. The van der Waals surface area contributed by atoms with Crippen LogP contribution in [0.25, 0.3) is 0 Å². The van der Waals surface area contributed by atoms with Crippen LogP contribution in [0, 0.1) is 11.3 Å². The molecule has 0 N–H and O–H groups in total. The maximum atomic E-state index is 9.24.